The molecule has 1 atom stereocenters. The van der Waals surface area contributed by atoms with E-state index >= 15 is 0 Å². The van der Waals surface area contributed by atoms with Crippen LogP contribution in [-0.2, 0) is 5.41 Å². The number of benzene rings is 2. The van der Waals surface area contributed by atoms with Crippen LogP contribution < -0.4 is 0 Å². The zero-order chi connectivity index (χ0) is 12.1. The van der Waals surface area contributed by atoms with Gasteiger partial charge in [-0.2, -0.15) is 0 Å². The van der Waals surface area contributed by atoms with Crippen molar-refractivity contribution in [2.24, 2.45) is 0 Å². The van der Waals surface area contributed by atoms with Crippen LogP contribution in [0.25, 0.3) is 10.8 Å². The summed E-state index contributed by atoms with van der Waals surface area (Å²) in [5, 5.41) is 2.14. The molecule has 1 aliphatic rings. The van der Waals surface area contributed by atoms with Crippen LogP contribution in [0.1, 0.15) is 25.3 Å². The summed E-state index contributed by atoms with van der Waals surface area (Å²) in [7, 11) is 0. The molecule has 0 heterocycles. The largest absolute Gasteiger partial charge is 0.257 e. The minimum absolute atomic E-state index is 0.0102. The van der Waals surface area contributed by atoms with Crippen molar-refractivity contribution in [1.82, 2.24) is 0 Å². The predicted octanol–water partition coefficient (Wildman–Crippen LogP) is 4.53. The van der Waals surface area contributed by atoms with E-state index in [1.807, 2.05) is 42.5 Å². The maximum Gasteiger partial charge on any atom is 0.257 e. The SMILES string of the molecule is CC1(c2ccc3ccccc3c2)CCC1(F)F. The van der Waals surface area contributed by atoms with Gasteiger partial charge in [0.2, 0.25) is 0 Å². The first-order valence-electron chi connectivity index (χ1n) is 5.90. The van der Waals surface area contributed by atoms with Gasteiger partial charge in [0.25, 0.3) is 5.92 Å². The molecule has 3 rings (SSSR count). The van der Waals surface area contributed by atoms with Gasteiger partial charge in [0, 0.05) is 6.42 Å². The molecule has 88 valence electrons. The molecule has 0 N–H and O–H groups in total. The Bertz CT molecular complexity index is 574. The standard InChI is InChI=1S/C15H14F2/c1-14(8-9-15(14,16)17)13-7-6-11-4-2-3-5-12(11)10-13/h2-7,10H,8-9H2,1H3. The molecule has 0 saturated heterocycles. The molecule has 0 aromatic heterocycles. The van der Waals surface area contributed by atoms with Gasteiger partial charge in [-0.15, -0.1) is 0 Å². The summed E-state index contributed by atoms with van der Waals surface area (Å²) in [4.78, 5) is 0. The molecule has 1 fully saturated rings. The van der Waals surface area contributed by atoms with E-state index in [1.165, 1.54) is 0 Å². The molecule has 17 heavy (non-hydrogen) atoms. The van der Waals surface area contributed by atoms with Gasteiger partial charge in [0.15, 0.2) is 0 Å². The lowest BCUT2D eigenvalue weighted by molar-refractivity contribution is -0.147. The Morgan fingerprint density at radius 1 is 0.941 bits per heavy atom. The molecule has 2 heteroatoms. The van der Waals surface area contributed by atoms with E-state index in [4.69, 9.17) is 0 Å². The molecular formula is C15H14F2. The summed E-state index contributed by atoms with van der Waals surface area (Å²) < 4.78 is 27.3. The summed E-state index contributed by atoms with van der Waals surface area (Å²) in [6.07, 6.45) is 0.578. The van der Waals surface area contributed by atoms with E-state index in [0.717, 1.165) is 16.3 Å². The summed E-state index contributed by atoms with van der Waals surface area (Å²) >= 11 is 0. The van der Waals surface area contributed by atoms with Crippen LogP contribution in [-0.4, -0.2) is 5.92 Å². The average molecular weight is 232 g/mol. The van der Waals surface area contributed by atoms with Gasteiger partial charge in [-0.05, 0) is 29.7 Å². The number of rotatable bonds is 1. The number of alkyl halides is 2. The van der Waals surface area contributed by atoms with Crippen molar-refractivity contribution >= 4 is 10.8 Å². The van der Waals surface area contributed by atoms with Crippen molar-refractivity contribution in [3.63, 3.8) is 0 Å². The Morgan fingerprint density at radius 2 is 1.65 bits per heavy atom. The monoisotopic (exact) mass is 232 g/mol. The number of fused-ring (bicyclic) bond motifs is 1. The van der Waals surface area contributed by atoms with E-state index in [-0.39, 0.29) is 6.42 Å². The number of halogens is 2. The van der Waals surface area contributed by atoms with Crippen molar-refractivity contribution in [2.45, 2.75) is 31.1 Å². The molecule has 1 saturated carbocycles. The highest BCUT2D eigenvalue weighted by atomic mass is 19.3. The Labute approximate surface area is 99.3 Å². The van der Waals surface area contributed by atoms with Crippen molar-refractivity contribution in [3.8, 4) is 0 Å². The maximum absolute atomic E-state index is 13.7. The average Bonchev–Trinajstić information content (AvgIpc) is 2.36. The molecule has 0 radical (unpaired) electrons. The highest BCUT2D eigenvalue weighted by Crippen LogP contribution is 2.55. The zero-order valence-electron chi connectivity index (χ0n) is 9.71. The van der Waals surface area contributed by atoms with E-state index in [1.54, 1.807) is 6.92 Å². The van der Waals surface area contributed by atoms with Crippen LogP contribution in [0.3, 0.4) is 0 Å². The van der Waals surface area contributed by atoms with Crippen LogP contribution in [0.15, 0.2) is 42.5 Å². The molecule has 2 aromatic rings. The fraction of sp³-hybridized carbons (Fsp3) is 0.333. The van der Waals surface area contributed by atoms with Crippen LogP contribution in [0, 0.1) is 0 Å². The van der Waals surface area contributed by atoms with E-state index in [2.05, 4.69) is 0 Å². The molecule has 0 spiro atoms. The molecule has 1 aliphatic carbocycles. The maximum atomic E-state index is 13.7. The molecule has 0 aliphatic heterocycles. The third-order valence-electron chi connectivity index (χ3n) is 4.13. The lowest BCUT2D eigenvalue weighted by Crippen LogP contribution is -2.52. The van der Waals surface area contributed by atoms with E-state index in [0.29, 0.717) is 6.42 Å². The van der Waals surface area contributed by atoms with Crippen molar-refractivity contribution in [2.75, 3.05) is 0 Å². The topological polar surface area (TPSA) is 0 Å². The van der Waals surface area contributed by atoms with Crippen LogP contribution in [0.4, 0.5) is 8.78 Å². The third-order valence-corrected chi connectivity index (χ3v) is 4.13. The normalized spacial score (nSPS) is 26.8. The Hall–Kier alpha value is -1.44. The summed E-state index contributed by atoms with van der Waals surface area (Å²) in [5.41, 5.74) is -0.218. The lowest BCUT2D eigenvalue weighted by Gasteiger charge is -2.47. The van der Waals surface area contributed by atoms with E-state index in [9.17, 15) is 8.78 Å². The van der Waals surface area contributed by atoms with Crippen LogP contribution >= 0.6 is 0 Å². The van der Waals surface area contributed by atoms with Crippen molar-refractivity contribution in [3.05, 3.63) is 48.0 Å². The number of hydrogen-bond acceptors (Lipinski definition) is 0. The van der Waals surface area contributed by atoms with Crippen molar-refractivity contribution < 1.29 is 8.78 Å². The van der Waals surface area contributed by atoms with Gasteiger partial charge in [-0.3, -0.25) is 0 Å². The second-order valence-corrected chi connectivity index (χ2v) is 5.10. The zero-order valence-corrected chi connectivity index (χ0v) is 9.71. The van der Waals surface area contributed by atoms with Gasteiger partial charge in [-0.1, -0.05) is 42.5 Å². The summed E-state index contributed by atoms with van der Waals surface area (Å²) in [6, 6.07) is 13.6. The van der Waals surface area contributed by atoms with E-state index < -0.39 is 11.3 Å². The van der Waals surface area contributed by atoms with Gasteiger partial charge in [-0.25, -0.2) is 8.78 Å². The molecule has 0 nitrogen and oxygen atoms in total. The summed E-state index contributed by atoms with van der Waals surface area (Å²) in [5.74, 6) is -2.56. The number of hydrogen-bond donors (Lipinski definition) is 0. The highest BCUT2D eigenvalue weighted by molar-refractivity contribution is 5.83. The van der Waals surface area contributed by atoms with Gasteiger partial charge >= 0.3 is 0 Å². The fourth-order valence-electron chi connectivity index (χ4n) is 2.58. The molecule has 0 amide bonds. The first kappa shape index (κ1) is 10.7. The highest BCUT2D eigenvalue weighted by Gasteiger charge is 2.59. The second-order valence-electron chi connectivity index (χ2n) is 5.10. The van der Waals surface area contributed by atoms with Gasteiger partial charge in [0.1, 0.15) is 0 Å². The second kappa shape index (κ2) is 3.28. The van der Waals surface area contributed by atoms with Crippen LogP contribution in [0.2, 0.25) is 0 Å². The lowest BCUT2D eigenvalue weighted by atomic mass is 9.62. The predicted molar refractivity (Wildman–Crippen MR) is 65.5 cm³/mol. The Kier molecular flexibility index (Phi) is 2.07. The van der Waals surface area contributed by atoms with Gasteiger partial charge < -0.3 is 0 Å². The molecule has 0 bridgehead atoms. The van der Waals surface area contributed by atoms with Crippen molar-refractivity contribution in [1.29, 1.82) is 0 Å². The summed E-state index contributed by atoms with van der Waals surface area (Å²) in [6.45, 7) is 1.67. The minimum atomic E-state index is -2.56. The van der Waals surface area contributed by atoms with Crippen LogP contribution in [0.5, 0.6) is 0 Å². The molecule has 2 aromatic carbocycles. The minimum Gasteiger partial charge on any atom is -0.206 e. The van der Waals surface area contributed by atoms with Gasteiger partial charge in [0.05, 0.1) is 5.41 Å². The molecule has 1 unspecified atom stereocenters. The first-order valence-corrected chi connectivity index (χ1v) is 5.90. The quantitative estimate of drug-likeness (QED) is 0.677. The molecular weight excluding hydrogens is 218 g/mol. The third kappa shape index (κ3) is 1.40. The Balaban J connectivity index is 2.13. The smallest absolute Gasteiger partial charge is 0.206 e. The fourth-order valence-corrected chi connectivity index (χ4v) is 2.58. The first-order chi connectivity index (χ1) is 8.03. The Morgan fingerprint density at radius 3 is 2.24 bits per heavy atom.